The van der Waals surface area contributed by atoms with Gasteiger partial charge in [-0.05, 0) is 49.6 Å². The summed E-state index contributed by atoms with van der Waals surface area (Å²) >= 11 is 5.88. The summed E-state index contributed by atoms with van der Waals surface area (Å²) in [6.07, 6.45) is 4.38. The number of amides is 1. The average Bonchev–Trinajstić information content (AvgIpc) is 3.10. The van der Waals surface area contributed by atoms with E-state index < -0.39 is 0 Å². The van der Waals surface area contributed by atoms with Crippen LogP contribution in [0.15, 0.2) is 48.5 Å². The number of halogens is 1. The third-order valence-electron chi connectivity index (χ3n) is 5.07. The third-order valence-corrected chi connectivity index (χ3v) is 5.33. The standard InChI is InChI=1S/C24H30ClN3O2/c1-2-30-17-16-28-22-9-6-5-8-21(22)27-23(28)10-4-3-7-15-26-24(29)18-19-11-13-20(25)14-12-19/h5-6,8-9,11-14H,2-4,7,10,15-18H2,1H3,(H,26,29). The molecule has 160 valence electrons. The lowest BCUT2D eigenvalue weighted by Gasteiger charge is -2.09. The predicted molar refractivity (Wildman–Crippen MR) is 122 cm³/mol. The maximum atomic E-state index is 12.1. The van der Waals surface area contributed by atoms with Gasteiger partial charge in [-0.15, -0.1) is 0 Å². The van der Waals surface area contributed by atoms with Gasteiger partial charge < -0.3 is 14.6 Å². The molecule has 0 saturated carbocycles. The molecule has 3 aromatic rings. The van der Waals surface area contributed by atoms with Gasteiger partial charge >= 0.3 is 0 Å². The number of rotatable bonds is 12. The number of unbranched alkanes of at least 4 members (excludes halogenated alkanes) is 2. The van der Waals surface area contributed by atoms with Crippen LogP contribution >= 0.6 is 11.6 Å². The number of benzene rings is 2. The molecule has 0 fully saturated rings. The molecule has 0 aliphatic carbocycles. The van der Waals surface area contributed by atoms with Gasteiger partial charge in [0.1, 0.15) is 5.82 Å². The minimum absolute atomic E-state index is 0.0510. The monoisotopic (exact) mass is 427 g/mol. The molecule has 1 N–H and O–H groups in total. The summed E-state index contributed by atoms with van der Waals surface area (Å²) in [6, 6.07) is 15.7. The number of para-hydroxylation sites is 2. The molecule has 0 aliphatic heterocycles. The summed E-state index contributed by atoms with van der Waals surface area (Å²) in [6.45, 7) is 4.97. The fraction of sp³-hybridized carbons (Fsp3) is 0.417. The van der Waals surface area contributed by atoms with Gasteiger partial charge in [0.05, 0.1) is 24.1 Å². The fourth-order valence-corrected chi connectivity index (χ4v) is 3.65. The van der Waals surface area contributed by atoms with Crippen molar-refractivity contribution in [3.8, 4) is 0 Å². The molecule has 3 rings (SSSR count). The number of imidazole rings is 1. The Kier molecular flexibility index (Phi) is 8.72. The second-order valence-corrected chi connectivity index (χ2v) is 7.77. The summed E-state index contributed by atoms with van der Waals surface area (Å²) in [4.78, 5) is 16.9. The Morgan fingerprint density at radius 1 is 1.10 bits per heavy atom. The van der Waals surface area contributed by atoms with Crippen LogP contribution in [0.4, 0.5) is 0 Å². The van der Waals surface area contributed by atoms with E-state index in [4.69, 9.17) is 21.3 Å². The number of aryl methyl sites for hydroxylation is 1. The lowest BCUT2D eigenvalue weighted by Crippen LogP contribution is -2.26. The van der Waals surface area contributed by atoms with E-state index in [1.165, 1.54) is 5.52 Å². The van der Waals surface area contributed by atoms with Crippen LogP contribution < -0.4 is 5.32 Å². The number of nitrogens with one attached hydrogen (secondary N) is 1. The molecular weight excluding hydrogens is 398 g/mol. The first-order chi connectivity index (χ1) is 14.7. The van der Waals surface area contributed by atoms with Gasteiger partial charge in [0, 0.05) is 31.1 Å². The second kappa shape index (κ2) is 11.7. The number of hydrogen-bond acceptors (Lipinski definition) is 3. The highest BCUT2D eigenvalue weighted by molar-refractivity contribution is 6.30. The highest BCUT2D eigenvalue weighted by Crippen LogP contribution is 2.18. The van der Waals surface area contributed by atoms with E-state index >= 15 is 0 Å². The van der Waals surface area contributed by atoms with Crippen molar-refractivity contribution in [2.75, 3.05) is 19.8 Å². The molecule has 6 heteroatoms. The van der Waals surface area contributed by atoms with E-state index in [9.17, 15) is 4.79 Å². The van der Waals surface area contributed by atoms with Crippen LogP contribution in [0.2, 0.25) is 5.02 Å². The minimum atomic E-state index is 0.0510. The van der Waals surface area contributed by atoms with Crippen molar-refractivity contribution in [3.05, 3.63) is 64.9 Å². The van der Waals surface area contributed by atoms with Crippen LogP contribution in [0, 0.1) is 0 Å². The van der Waals surface area contributed by atoms with Crippen molar-refractivity contribution >= 4 is 28.5 Å². The molecule has 1 aromatic heterocycles. The largest absolute Gasteiger partial charge is 0.380 e. The molecule has 30 heavy (non-hydrogen) atoms. The van der Waals surface area contributed by atoms with E-state index in [1.54, 1.807) is 0 Å². The third kappa shape index (κ3) is 6.57. The zero-order valence-corrected chi connectivity index (χ0v) is 18.3. The normalized spacial score (nSPS) is 11.1. The maximum absolute atomic E-state index is 12.1. The number of nitrogens with zero attached hydrogens (tertiary/aromatic N) is 2. The van der Waals surface area contributed by atoms with Crippen molar-refractivity contribution < 1.29 is 9.53 Å². The van der Waals surface area contributed by atoms with E-state index in [2.05, 4.69) is 28.1 Å². The summed E-state index contributed by atoms with van der Waals surface area (Å²) < 4.78 is 7.82. The Bertz CT molecular complexity index is 937. The molecule has 2 aromatic carbocycles. The number of carbonyl (C=O) groups excluding carboxylic acids is 1. The molecule has 0 atom stereocenters. The Morgan fingerprint density at radius 3 is 2.70 bits per heavy atom. The van der Waals surface area contributed by atoms with Crippen LogP contribution in [-0.4, -0.2) is 35.2 Å². The summed E-state index contributed by atoms with van der Waals surface area (Å²) in [5.41, 5.74) is 3.18. The van der Waals surface area contributed by atoms with E-state index in [0.29, 0.717) is 24.6 Å². The van der Waals surface area contributed by atoms with Gasteiger partial charge in [0.25, 0.3) is 0 Å². The first-order valence-corrected chi connectivity index (χ1v) is 11.1. The topological polar surface area (TPSA) is 56.1 Å². The van der Waals surface area contributed by atoms with Gasteiger partial charge in [0.15, 0.2) is 0 Å². The van der Waals surface area contributed by atoms with Gasteiger partial charge in [-0.1, -0.05) is 42.3 Å². The smallest absolute Gasteiger partial charge is 0.224 e. The molecule has 1 amide bonds. The van der Waals surface area contributed by atoms with Crippen LogP contribution in [0.1, 0.15) is 37.6 Å². The molecule has 0 bridgehead atoms. The number of fused-ring (bicyclic) bond motifs is 1. The van der Waals surface area contributed by atoms with Crippen molar-refractivity contribution in [3.63, 3.8) is 0 Å². The summed E-state index contributed by atoms with van der Waals surface area (Å²) in [7, 11) is 0. The highest BCUT2D eigenvalue weighted by atomic mass is 35.5. The van der Waals surface area contributed by atoms with Crippen LogP contribution in [0.5, 0.6) is 0 Å². The van der Waals surface area contributed by atoms with E-state index in [1.807, 2.05) is 37.3 Å². The number of hydrogen-bond donors (Lipinski definition) is 1. The van der Waals surface area contributed by atoms with Gasteiger partial charge in [-0.3, -0.25) is 4.79 Å². The maximum Gasteiger partial charge on any atom is 0.224 e. The SMILES string of the molecule is CCOCCn1c(CCCCCNC(=O)Cc2ccc(Cl)cc2)nc2ccccc21. The Labute approximate surface area is 183 Å². The van der Waals surface area contributed by atoms with Crippen LogP contribution in [0.3, 0.4) is 0 Å². The van der Waals surface area contributed by atoms with Gasteiger partial charge in [-0.25, -0.2) is 4.98 Å². The summed E-state index contributed by atoms with van der Waals surface area (Å²) in [5.74, 6) is 1.16. The first-order valence-electron chi connectivity index (χ1n) is 10.7. The average molecular weight is 428 g/mol. The Hall–Kier alpha value is -2.37. The van der Waals surface area contributed by atoms with Crippen molar-refractivity contribution in [2.45, 2.75) is 45.6 Å². The first kappa shape index (κ1) is 22.3. The van der Waals surface area contributed by atoms with Crippen molar-refractivity contribution in [1.82, 2.24) is 14.9 Å². The molecule has 0 spiro atoms. The van der Waals surface area contributed by atoms with Gasteiger partial charge in [-0.2, -0.15) is 0 Å². The molecule has 0 radical (unpaired) electrons. The lowest BCUT2D eigenvalue weighted by molar-refractivity contribution is -0.120. The number of aromatic nitrogens is 2. The zero-order valence-electron chi connectivity index (χ0n) is 17.6. The molecule has 1 heterocycles. The number of ether oxygens (including phenoxy) is 1. The Balaban J connectivity index is 1.40. The number of carbonyl (C=O) groups is 1. The molecule has 5 nitrogen and oxygen atoms in total. The molecule has 0 saturated heterocycles. The van der Waals surface area contributed by atoms with Crippen LogP contribution in [-0.2, 0) is 28.9 Å². The Morgan fingerprint density at radius 2 is 1.90 bits per heavy atom. The van der Waals surface area contributed by atoms with Crippen LogP contribution in [0.25, 0.3) is 11.0 Å². The van der Waals surface area contributed by atoms with E-state index in [-0.39, 0.29) is 5.91 Å². The highest BCUT2D eigenvalue weighted by Gasteiger charge is 2.10. The minimum Gasteiger partial charge on any atom is -0.380 e. The molecular formula is C24H30ClN3O2. The quantitative estimate of drug-likeness (QED) is 0.422. The van der Waals surface area contributed by atoms with Gasteiger partial charge in [0.2, 0.25) is 5.91 Å². The predicted octanol–water partition coefficient (Wildman–Crippen LogP) is 4.80. The lowest BCUT2D eigenvalue weighted by atomic mass is 10.1. The summed E-state index contributed by atoms with van der Waals surface area (Å²) in [5, 5.41) is 3.69. The zero-order chi connectivity index (χ0) is 21.2. The molecule has 0 aliphatic rings. The molecule has 0 unspecified atom stereocenters. The van der Waals surface area contributed by atoms with Crippen molar-refractivity contribution in [2.24, 2.45) is 0 Å². The van der Waals surface area contributed by atoms with E-state index in [0.717, 1.165) is 55.7 Å². The van der Waals surface area contributed by atoms with Crippen molar-refractivity contribution in [1.29, 1.82) is 0 Å². The second-order valence-electron chi connectivity index (χ2n) is 7.33. The fourth-order valence-electron chi connectivity index (χ4n) is 3.53.